The fourth-order valence-electron chi connectivity index (χ4n) is 2.37. The summed E-state index contributed by atoms with van der Waals surface area (Å²) < 4.78 is 0. The largest absolute Gasteiger partial charge is 0.480 e. The molecule has 20 heavy (non-hydrogen) atoms. The van der Waals surface area contributed by atoms with E-state index in [1.54, 1.807) is 0 Å². The van der Waals surface area contributed by atoms with Gasteiger partial charge in [-0.25, -0.2) is 9.59 Å². The van der Waals surface area contributed by atoms with Crippen molar-refractivity contribution in [3.05, 3.63) is 0 Å². The molecule has 2 atom stereocenters. The minimum Gasteiger partial charge on any atom is -0.480 e. The van der Waals surface area contributed by atoms with Gasteiger partial charge in [0.25, 0.3) is 0 Å². The van der Waals surface area contributed by atoms with E-state index >= 15 is 0 Å². The third-order valence-corrected chi connectivity index (χ3v) is 4.40. The quantitative estimate of drug-likeness (QED) is 0.718. The van der Waals surface area contributed by atoms with Crippen molar-refractivity contribution in [3.63, 3.8) is 0 Å². The molecule has 0 spiro atoms. The maximum atomic E-state index is 12.4. The number of rotatable bonds is 8. The molecule has 2 saturated carbocycles. The number of aliphatic carboxylic acids is 1. The summed E-state index contributed by atoms with van der Waals surface area (Å²) in [6.07, 6.45) is 5.52. The molecule has 2 N–H and O–H groups in total. The molecule has 2 fully saturated rings. The highest BCUT2D eigenvalue weighted by molar-refractivity contribution is 5.82. The summed E-state index contributed by atoms with van der Waals surface area (Å²) in [6, 6.07) is -0.982. The first-order valence-corrected chi connectivity index (χ1v) is 7.79. The topological polar surface area (TPSA) is 69.6 Å². The summed E-state index contributed by atoms with van der Waals surface area (Å²) >= 11 is 0. The first-order chi connectivity index (χ1) is 9.51. The zero-order chi connectivity index (χ0) is 14.7. The van der Waals surface area contributed by atoms with Crippen LogP contribution < -0.4 is 5.32 Å². The second kappa shape index (κ2) is 6.46. The first-order valence-electron chi connectivity index (χ1n) is 7.79. The molecule has 2 amide bonds. The number of urea groups is 1. The van der Waals surface area contributed by atoms with E-state index in [4.69, 9.17) is 0 Å². The van der Waals surface area contributed by atoms with Gasteiger partial charge in [0.2, 0.25) is 0 Å². The van der Waals surface area contributed by atoms with Gasteiger partial charge in [-0.15, -0.1) is 0 Å². The number of carbonyl (C=O) groups excluding carboxylic acids is 1. The number of carbonyl (C=O) groups is 2. The van der Waals surface area contributed by atoms with Crippen LogP contribution in [0.15, 0.2) is 0 Å². The Morgan fingerprint density at radius 2 is 1.70 bits per heavy atom. The van der Waals surface area contributed by atoms with Gasteiger partial charge in [0.15, 0.2) is 0 Å². The number of hydrogen-bond acceptors (Lipinski definition) is 2. The Bertz CT molecular complexity index is 350. The molecule has 0 aromatic carbocycles. The molecule has 0 aliphatic heterocycles. The Morgan fingerprint density at radius 3 is 2.05 bits per heavy atom. The van der Waals surface area contributed by atoms with Gasteiger partial charge in [0.05, 0.1) is 0 Å². The van der Waals surface area contributed by atoms with Crippen LogP contribution in [0.2, 0.25) is 0 Å². The van der Waals surface area contributed by atoms with Gasteiger partial charge < -0.3 is 15.3 Å². The summed E-state index contributed by atoms with van der Waals surface area (Å²) in [7, 11) is 0. The Kier molecular flexibility index (Phi) is 4.89. The zero-order valence-electron chi connectivity index (χ0n) is 12.5. The van der Waals surface area contributed by atoms with E-state index in [1.807, 2.05) is 18.7 Å². The number of nitrogens with zero attached hydrogens (tertiary/aromatic N) is 1. The van der Waals surface area contributed by atoms with Crippen LogP contribution in [-0.2, 0) is 4.79 Å². The summed E-state index contributed by atoms with van der Waals surface area (Å²) in [5.74, 6) is 0.267. The summed E-state index contributed by atoms with van der Waals surface area (Å²) in [5.41, 5.74) is 0. The van der Waals surface area contributed by atoms with Gasteiger partial charge in [-0.3, -0.25) is 0 Å². The lowest BCUT2D eigenvalue weighted by Crippen LogP contribution is -2.51. The van der Waals surface area contributed by atoms with E-state index < -0.39 is 12.0 Å². The summed E-state index contributed by atoms with van der Waals surface area (Å²) in [4.78, 5) is 25.5. The number of carboxylic acid groups (broad SMARTS) is 1. The minimum atomic E-state index is -0.939. The molecule has 2 aliphatic rings. The molecule has 0 aromatic rings. The summed E-state index contributed by atoms with van der Waals surface area (Å²) in [5, 5.41) is 12.0. The molecule has 5 nitrogen and oxygen atoms in total. The van der Waals surface area contributed by atoms with E-state index in [0.29, 0.717) is 11.8 Å². The molecule has 0 aromatic heterocycles. The monoisotopic (exact) mass is 282 g/mol. The molecule has 0 heterocycles. The zero-order valence-corrected chi connectivity index (χ0v) is 12.5. The fourth-order valence-corrected chi connectivity index (χ4v) is 2.37. The molecule has 0 saturated heterocycles. The second-order valence-corrected chi connectivity index (χ2v) is 6.44. The maximum Gasteiger partial charge on any atom is 0.326 e. The van der Waals surface area contributed by atoms with Gasteiger partial charge in [0.1, 0.15) is 6.04 Å². The van der Waals surface area contributed by atoms with Crippen molar-refractivity contribution in [1.82, 2.24) is 10.2 Å². The van der Waals surface area contributed by atoms with Crippen molar-refractivity contribution in [1.29, 1.82) is 0 Å². The normalized spacial score (nSPS) is 21.1. The highest BCUT2D eigenvalue weighted by Crippen LogP contribution is 2.33. The molecule has 5 heteroatoms. The van der Waals surface area contributed by atoms with Crippen molar-refractivity contribution in [2.45, 2.75) is 52.0 Å². The van der Waals surface area contributed by atoms with Crippen LogP contribution >= 0.6 is 0 Å². The number of hydrogen-bond donors (Lipinski definition) is 2. The smallest absolute Gasteiger partial charge is 0.326 e. The third-order valence-electron chi connectivity index (χ3n) is 4.40. The van der Waals surface area contributed by atoms with Crippen LogP contribution in [0.3, 0.4) is 0 Å². The van der Waals surface area contributed by atoms with E-state index in [2.05, 4.69) is 5.32 Å². The summed E-state index contributed by atoms with van der Waals surface area (Å²) in [6.45, 7) is 5.38. The van der Waals surface area contributed by atoms with Crippen LogP contribution in [0.25, 0.3) is 0 Å². The predicted molar refractivity (Wildman–Crippen MR) is 76.4 cm³/mol. The third kappa shape index (κ3) is 4.39. The van der Waals surface area contributed by atoms with Crippen molar-refractivity contribution in [2.24, 2.45) is 17.8 Å². The SMILES string of the molecule is CC[C@H](C)[C@H](NC(=O)N(CC1CC1)CC1CC1)C(=O)O. The van der Waals surface area contributed by atoms with E-state index in [-0.39, 0.29) is 11.9 Å². The van der Waals surface area contributed by atoms with Crippen molar-refractivity contribution < 1.29 is 14.7 Å². The average molecular weight is 282 g/mol. The van der Waals surface area contributed by atoms with Crippen molar-refractivity contribution in [3.8, 4) is 0 Å². The first kappa shape index (κ1) is 15.1. The van der Waals surface area contributed by atoms with Crippen molar-refractivity contribution in [2.75, 3.05) is 13.1 Å². The van der Waals surface area contributed by atoms with Crippen LogP contribution in [0, 0.1) is 17.8 Å². The standard InChI is InChI=1S/C15H26N2O3/c1-3-10(2)13(14(18)19)16-15(20)17(8-11-4-5-11)9-12-6-7-12/h10-13H,3-9H2,1-2H3,(H,16,20)(H,18,19)/t10-,13-/m0/s1. The Morgan fingerprint density at radius 1 is 1.20 bits per heavy atom. The molecule has 114 valence electrons. The lowest BCUT2D eigenvalue weighted by molar-refractivity contribution is -0.140. The van der Waals surface area contributed by atoms with Gasteiger partial charge in [-0.2, -0.15) is 0 Å². The predicted octanol–water partition coefficient (Wildman–Crippen LogP) is 2.32. The highest BCUT2D eigenvalue weighted by atomic mass is 16.4. The lowest BCUT2D eigenvalue weighted by atomic mass is 9.99. The Balaban J connectivity index is 1.91. The fraction of sp³-hybridized carbons (Fsp3) is 0.867. The van der Waals surface area contributed by atoms with Crippen LogP contribution in [0.1, 0.15) is 46.0 Å². The molecule has 2 rings (SSSR count). The highest BCUT2D eigenvalue weighted by Gasteiger charge is 2.33. The molecule has 0 unspecified atom stereocenters. The molecular weight excluding hydrogens is 256 g/mol. The average Bonchev–Trinajstić information content (AvgIpc) is 3.28. The van der Waals surface area contributed by atoms with Gasteiger partial charge in [0, 0.05) is 13.1 Å². The van der Waals surface area contributed by atoms with Crippen LogP contribution in [0.4, 0.5) is 4.79 Å². The molecule has 2 aliphatic carbocycles. The molecule has 0 bridgehead atoms. The minimum absolute atomic E-state index is 0.0554. The Labute approximate surface area is 120 Å². The van der Waals surface area contributed by atoms with Crippen LogP contribution in [-0.4, -0.2) is 41.1 Å². The number of amides is 2. The molecule has 0 radical (unpaired) electrons. The van der Waals surface area contributed by atoms with E-state index in [9.17, 15) is 14.7 Å². The molecular formula is C15H26N2O3. The van der Waals surface area contributed by atoms with Gasteiger partial charge in [-0.1, -0.05) is 20.3 Å². The maximum absolute atomic E-state index is 12.4. The lowest BCUT2D eigenvalue weighted by Gasteiger charge is -2.27. The second-order valence-electron chi connectivity index (χ2n) is 6.44. The van der Waals surface area contributed by atoms with Gasteiger partial charge in [-0.05, 0) is 43.4 Å². The number of carboxylic acids is 1. The van der Waals surface area contributed by atoms with Crippen molar-refractivity contribution >= 4 is 12.0 Å². The Hall–Kier alpha value is -1.26. The van der Waals surface area contributed by atoms with Gasteiger partial charge >= 0.3 is 12.0 Å². The van der Waals surface area contributed by atoms with Crippen LogP contribution in [0.5, 0.6) is 0 Å². The number of nitrogens with one attached hydrogen (secondary N) is 1. The van der Waals surface area contributed by atoms with E-state index in [1.165, 1.54) is 25.7 Å². The van der Waals surface area contributed by atoms with E-state index in [0.717, 1.165) is 19.5 Å².